The second-order valence-corrected chi connectivity index (χ2v) is 4.92. The van der Waals surface area contributed by atoms with Crippen LogP contribution in [-0.4, -0.2) is 12.9 Å². The van der Waals surface area contributed by atoms with Crippen molar-refractivity contribution < 1.29 is 9.53 Å². The van der Waals surface area contributed by atoms with Gasteiger partial charge in [0.25, 0.3) is 0 Å². The number of hydrogen-bond acceptors (Lipinski definition) is 2. The van der Waals surface area contributed by atoms with Gasteiger partial charge < -0.3 is 4.74 Å². The largest absolute Gasteiger partial charge is 0.496 e. The number of ketones is 1. The summed E-state index contributed by atoms with van der Waals surface area (Å²) in [7, 11) is 1.63. The molecular formula is C16H15ClO2. The second-order valence-electron chi connectivity index (χ2n) is 4.48. The summed E-state index contributed by atoms with van der Waals surface area (Å²) >= 11 is 5.82. The van der Waals surface area contributed by atoms with E-state index >= 15 is 0 Å². The lowest BCUT2D eigenvalue weighted by Gasteiger charge is -2.10. The summed E-state index contributed by atoms with van der Waals surface area (Å²) in [5.74, 6) is 0.818. The van der Waals surface area contributed by atoms with Gasteiger partial charge in [0.05, 0.1) is 7.11 Å². The Morgan fingerprint density at radius 1 is 1.00 bits per heavy atom. The quantitative estimate of drug-likeness (QED) is 0.784. The highest BCUT2D eigenvalue weighted by atomic mass is 35.5. The van der Waals surface area contributed by atoms with Gasteiger partial charge in [0.1, 0.15) is 5.75 Å². The Balaban J connectivity index is 2.42. The molecule has 0 aromatic heterocycles. The molecule has 2 aromatic rings. The molecule has 98 valence electrons. The van der Waals surface area contributed by atoms with Crippen LogP contribution in [0.5, 0.6) is 5.75 Å². The van der Waals surface area contributed by atoms with Gasteiger partial charge in [0.15, 0.2) is 5.78 Å². The summed E-state index contributed by atoms with van der Waals surface area (Å²) in [6.45, 7) is 3.87. The second kappa shape index (κ2) is 5.45. The van der Waals surface area contributed by atoms with Crippen molar-refractivity contribution in [2.45, 2.75) is 13.8 Å². The molecule has 0 saturated heterocycles. The predicted octanol–water partition coefficient (Wildman–Crippen LogP) is 4.20. The fraction of sp³-hybridized carbons (Fsp3) is 0.188. The van der Waals surface area contributed by atoms with Crippen molar-refractivity contribution in [1.29, 1.82) is 0 Å². The molecule has 0 fully saturated rings. The molecule has 2 nitrogen and oxygen atoms in total. The number of carbonyl (C=O) groups excluding carboxylic acids is 1. The molecule has 0 atom stereocenters. The van der Waals surface area contributed by atoms with Crippen LogP contribution < -0.4 is 4.74 Å². The molecule has 3 heteroatoms. The standard InChI is InChI=1S/C16H15ClO2/c1-10-8-13(9-11(2)16(10)19-3)15(18)12-4-6-14(17)7-5-12/h4-9H,1-3H3. The third-order valence-corrected chi connectivity index (χ3v) is 3.29. The van der Waals surface area contributed by atoms with Crippen LogP contribution >= 0.6 is 11.6 Å². The highest BCUT2D eigenvalue weighted by Gasteiger charge is 2.13. The van der Waals surface area contributed by atoms with Crippen LogP contribution in [0.4, 0.5) is 0 Å². The maximum absolute atomic E-state index is 12.4. The first kappa shape index (κ1) is 13.6. The number of aryl methyl sites for hydroxylation is 2. The first-order valence-electron chi connectivity index (χ1n) is 5.98. The summed E-state index contributed by atoms with van der Waals surface area (Å²) in [5.41, 5.74) is 3.21. The van der Waals surface area contributed by atoms with Crippen molar-refractivity contribution in [3.8, 4) is 5.75 Å². The topological polar surface area (TPSA) is 26.3 Å². The van der Waals surface area contributed by atoms with E-state index < -0.39 is 0 Å². The molecule has 0 unspecified atom stereocenters. The minimum absolute atomic E-state index is 0.00878. The van der Waals surface area contributed by atoms with Gasteiger partial charge in [0.2, 0.25) is 0 Å². The van der Waals surface area contributed by atoms with E-state index in [1.807, 2.05) is 26.0 Å². The molecule has 0 spiro atoms. The molecule has 0 bridgehead atoms. The smallest absolute Gasteiger partial charge is 0.193 e. The van der Waals surface area contributed by atoms with Crippen LogP contribution in [0.25, 0.3) is 0 Å². The van der Waals surface area contributed by atoms with Crippen molar-refractivity contribution in [2.24, 2.45) is 0 Å². The zero-order valence-electron chi connectivity index (χ0n) is 11.2. The number of hydrogen-bond donors (Lipinski definition) is 0. The van der Waals surface area contributed by atoms with Crippen LogP contribution in [0.15, 0.2) is 36.4 Å². The van der Waals surface area contributed by atoms with E-state index in [2.05, 4.69) is 0 Å². The lowest BCUT2D eigenvalue weighted by Crippen LogP contribution is -2.03. The van der Waals surface area contributed by atoms with Gasteiger partial charge in [-0.2, -0.15) is 0 Å². The Kier molecular flexibility index (Phi) is 3.91. The number of ether oxygens (including phenoxy) is 1. The van der Waals surface area contributed by atoms with E-state index in [4.69, 9.17) is 16.3 Å². The van der Waals surface area contributed by atoms with E-state index in [0.29, 0.717) is 16.1 Å². The Labute approximate surface area is 118 Å². The molecule has 0 saturated carbocycles. The maximum Gasteiger partial charge on any atom is 0.193 e. The Morgan fingerprint density at radius 2 is 1.53 bits per heavy atom. The third-order valence-electron chi connectivity index (χ3n) is 3.03. The number of rotatable bonds is 3. The number of benzene rings is 2. The Bertz CT molecular complexity index is 592. The molecule has 2 rings (SSSR count). The van der Waals surface area contributed by atoms with E-state index in [1.165, 1.54) is 0 Å². The van der Waals surface area contributed by atoms with E-state index in [0.717, 1.165) is 16.9 Å². The van der Waals surface area contributed by atoms with Crippen molar-refractivity contribution in [2.75, 3.05) is 7.11 Å². The lowest BCUT2D eigenvalue weighted by atomic mass is 9.98. The number of carbonyl (C=O) groups is 1. The Hall–Kier alpha value is -1.80. The van der Waals surface area contributed by atoms with Gasteiger partial charge in [-0.1, -0.05) is 11.6 Å². The molecular weight excluding hydrogens is 260 g/mol. The monoisotopic (exact) mass is 274 g/mol. The van der Waals surface area contributed by atoms with Crippen LogP contribution in [0, 0.1) is 13.8 Å². The first-order valence-corrected chi connectivity index (χ1v) is 6.36. The summed E-state index contributed by atoms with van der Waals surface area (Å²) in [5, 5.41) is 0.624. The summed E-state index contributed by atoms with van der Waals surface area (Å²) in [6, 6.07) is 10.6. The van der Waals surface area contributed by atoms with Crippen molar-refractivity contribution in [1.82, 2.24) is 0 Å². The van der Waals surface area contributed by atoms with Gasteiger partial charge >= 0.3 is 0 Å². The fourth-order valence-electron chi connectivity index (χ4n) is 2.17. The first-order chi connectivity index (χ1) is 9.02. The fourth-order valence-corrected chi connectivity index (χ4v) is 2.30. The van der Waals surface area contributed by atoms with Crippen LogP contribution in [0.2, 0.25) is 5.02 Å². The van der Waals surface area contributed by atoms with E-state index in [1.54, 1.807) is 31.4 Å². The third kappa shape index (κ3) is 2.79. The van der Waals surface area contributed by atoms with Crippen LogP contribution in [-0.2, 0) is 0 Å². The van der Waals surface area contributed by atoms with Crippen LogP contribution in [0.3, 0.4) is 0 Å². The molecule has 0 N–H and O–H groups in total. The van der Waals surface area contributed by atoms with Crippen molar-refractivity contribution in [3.63, 3.8) is 0 Å². The van der Waals surface area contributed by atoms with Gasteiger partial charge in [-0.15, -0.1) is 0 Å². The zero-order valence-corrected chi connectivity index (χ0v) is 11.9. The van der Waals surface area contributed by atoms with Crippen LogP contribution in [0.1, 0.15) is 27.0 Å². The summed E-state index contributed by atoms with van der Waals surface area (Å²) in [6.07, 6.45) is 0. The van der Waals surface area contributed by atoms with E-state index in [-0.39, 0.29) is 5.78 Å². The highest BCUT2D eigenvalue weighted by Crippen LogP contribution is 2.25. The average molecular weight is 275 g/mol. The molecule has 0 heterocycles. The number of halogens is 1. The minimum atomic E-state index is -0.00878. The van der Waals surface area contributed by atoms with Gasteiger partial charge in [-0.3, -0.25) is 4.79 Å². The molecule has 0 amide bonds. The van der Waals surface area contributed by atoms with Crippen molar-refractivity contribution in [3.05, 3.63) is 63.7 Å². The molecule has 2 aromatic carbocycles. The van der Waals surface area contributed by atoms with Gasteiger partial charge in [-0.05, 0) is 61.4 Å². The highest BCUT2D eigenvalue weighted by molar-refractivity contribution is 6.30. The molecule has 0 aliphatic rings. The van der Waals surface area contributed by atoms with Crippen molar-refractivity contribution >= 4 is 17.4 Å². The maximum atomic E-state index is 12.4. The van der Waals surface area contributed by atoms with E-state index in [9.17, 15) is 4.79 Å². The summed E-state index contributed by atoms with van der Waals surface area (Å²) in [4.78, 5) is 12.4. The predicted molar refractivity (Wildman–Crippen MR) is 77.4 cm³/mol. The molecule has 0 aliphatic heterocycles. The minimum Gasteiger partial charge on any atom is -0.496 e. The normalized spacial score (nSPS) is 10.3. The molecule has 0 aliphatic carbocycles. The lowest BCUT2D eigenvalue weighted by molar-refractivity contribution is 0.103. The zero-order chi connectivity index (χ0) is 14.0. The van der Waals surface area contributed by atoms with Gasteiger partial charge in [0, 0.05) is 16.1 Å². The average Bonchev–Trinajstić information content (AvgIpc) is 2.38. The van der Waals surface area contributed by atoms with Gasteiger partial charge in [-0.25, -0.2) is 0 Å². The Morgan fingerprint density at radius 3 is 2.00 bits per heavy atom. The molecule has 0 radical (unpaired) electrons. The molecule has 19 heavy (non-hydrogen) atoms. The summed E-state index contributed by atoms with van der Waals surface area (Å²) < 4.78 is 5.30. The number of methoxy groups -OCH3 is 1. The SMILES string of the molecule is COc1c(C)cc(C(=O)c2ccc(Cl)cc2)cc1C.